The number of hydrogen-bond donors (Lipinski definition) is 3. The summed E-state index contributed by atoms with van der Waals surface area (Å²) in [6, 6.07) is 5.00. The van der Waals surface area contributed by atoms with Crippen molar-refractivity contribution in [2.45, 2.75) is 50.4 Å². The van der Waals surface area contributed by atoms with E-state index in [1.165, 1.54) is 25.6 Å². The third-order valence-electron chi connectivity index (χ3n) is 6.18. The van der Waals surface area contributed by atoms with E-state index in [0.717, 1.165) is 25.5 Å². The van der Waals surface area contributed by atoms with E-state index < -0.39 is 18.9 Å². The van der Waals surface area contributed by atoms with Crippen LogP contribution in [0.25, 0.3) is 22.2 Å². The second-order valence-electron chi connectivity index (χ2n) is 9.59. The molecule has 4 N–H and O–H groups in total. The molecule has 180 valence electrons. The van der Waals surface area contributed by atoms with E-state index >= 15 is 0 Å². The van der Waals surface area contributed by atoms with E-state index in [9.17, 15) is 23.0 Å². The summed E-state index contributed by atoms with van der Waals surface area (Å²) in [6.45, 7) is 5.00. The molecule has 2 atom stereocenters. The molecule has 1 saturated carbocycles. The maximum atomic E-state index is 13.9. The van der Waals surface area contributed by atoms with Gasteiger partial charge in [-0.05, 0) is 52.0 Å². The van der Waals surface area contributed by atoms with Gasteiger partial charge in [0.1, 0.15) is 12.7 Å². The molecule has 0 unspecified atom stereocenters. The minimum atomic E-state index is -4.68. The summed E-state index contributed by atoms with van der Waals surface area (Å²) in [6.07, 6.45) is 0.764. The molecule has 1 aliphatic carbocycles. The van der Waals surface area contributed by atoms with Crippen LogP contribution in [-0.4, -0.2) is 39.9 Å². The molecular formula is C23H26F3N6OP. The number of benzene rings is 1. The Morgan fingerprint density at radius 3 is 2.71 bits per heavy atom. The van der Waals surface area contributed by atoms with Crippen molar-refractivity contribution in [3.63, 3.8) is 0 Å². The molecule has 3 aromatic rings. The number of rotatable bonds is 4. The summed E-state index contributed by atoms with van der Waals surface area (Å²) in [5.41, 5.74) is 5.42. The maximum absolute atomic E-state index is 13.9. The van der Waals surface area contributed by atoms with Gasteiger partial charge in [-0.15, -0.1) is 0 Å². The van der Waals surface area contributed by atoms with Crippen molar-refractivity contribution in [3.05, 3.63) is 35.7 Å². The first-order chi connectivity index (χ1) is 15.8. The predicted octanol–water partition coefficient (Wildman–Crippen LogP) is 4.84. The van der Waals surface area contributed by atoms with Crippen LogP contribution < -0.4 is 16.4 Å². The second kappa shape index (κ2) is 8.40. The molecule has 11 heteroatoms. The van der Waals surface area contributed by atoms with Crippen LogP contribution in [0.4, 0.5) is 19.1 Å². The molecule has 0 radical (unpaired) electrons. The zero-order valence-corrected chi connectivity index (χ0v) is 20.0. The minimum absolute atomic E-state index is 0.0489. The molecule has 0 spiro atoms. The number of nitrogens with one attached hydrogen (secondary N) is 2. The fraction of sp³-hybridized carbons (Fsp3) is 0.435. The van der Waals surface area contributed by atoms with Gasteiger partial charge in [-0.25, -0.2) is 9.97 Å². The summed E-state index contributed by atoms with van der Waals surface area (Å²) in [4.78, 5) is 11.2. The zero-order chi connectivity index (χ0) is 24.9. The molecule has 2 aromatic heterocycles. The molecule has 1 aromatic carbocycles. The Morgan fingerprint density at radius 1 is 1.35 bits per heavy atom. The monoisotopic (exact) mass is 490 g/mol. The van der Waals surface area contributed by atoms with Crippen molar-refractivity contribution in [3.8, 4) is 17.3 Å². The van der Waals surface area contributed by atoms with Gasteiger partial charge in [0.15, 0.2) is 0 Å². The summed E-state index contributed by atoms with van der Waals surface area (Å²) >= 11 is 0. The lowest BCUT2D eigenvalue weighted by Gasteiger charge is -2.35. The van der Waals surface area contributed by atoms with E-state index in [4.69, 9.17) is 5.73 Å². The number of H-pyrrole nitrogens is 1. The smallest absolute Gasteiger partial charge is 0.360 e. The lowest BCUT2D eigenvalue weighted by Crippen LogP contribution is -2.45. The van der Waals surface area contributed by atoms with E-state index in [2.05, 4.69) is 20.3 Å². The normalized spacial score (nSPS) is 21.4. The van der Waals surface area contributed by atoms with Crippen molar-refractivity contribution in [2.24, 2.45) is 5.73 Å². The standard InChI is InChI=1S/C23H26F3N6OP/c1-22(28)8-4-5-14(9-22)31-21-30-12-17(23(24,25)26)18(32-21)16-11-29-19-15(16)7-6-13(10-27)20(19)34(2,3)33/h6-7,11-12,14,29H,4-5,8-9,28H2,1-3H3,(H,30,31,32)/t14-,22-/m0/s1. The number of alkyl halides is 3. The van der Waals surface area contributed by atoms with Gasteiger partial charge in [-0.3, -0.25) is 0 Å². The van der Waals surface area contributed by atoms with E-state index in [-0.39, 0.29) is 34.3 Å². The van der Waals surface area contributed by atoms with Gasteiger partial charge in [0.2, 0.25) is 5.95 Å². The fourth-order valence-corrected chi connectivity index (χ4v) is 6.15. The Morgan fingerprint density at radius 2 is 2.09 bits per heavy atom. The Balaban J connectivity index is 1.85. The van der Waals surface area contributed by atoms with Crippen LogP contribution in [0.3, 0.4) is 0 Å². The number of aromatic amines is 1. The third kappa shape index (κ3) is 4.68. The van der Waals surface area contributed by atoms with Crippen molar-refractivity contribution < 1.29 is 17.7 Å². The SMILES string of the molecule is C[C@]1(N)CCC[C@H](Nc2ncc(C(F)(F)F)c(-c3c[nH]c4c(P(C)(C)=O)c(C#N)ccc34)n2)C1. The van der Waals surface area contributed by atoms with Crippen LogP contribution in [0.15, 0.2) is 24.5 Å². The Kier molecular flexibility index (Phi) is 5.99. The number of nitriles is 1. The molecule has 7 nitrogen and oxygen atoms in total. The summed E-state index contributed by atoms with van der Waals surface area (Å²) in [5.74, 6) is 0.0885. The van der Waals surface area contributed by atoms with Crippen molar-refractivity contribution in [1.82, 2.24) is 15.0 Å². The summed E-state index contributed by atoms with van der Waals surface area (Å²) in [5, 5.41) is 13.3. The number of halogens is 3. The molecule has 0 amide bonds. The first kappa shape index (κ1) is 24.2. The average molecular weight is 490 g/mol. The summed E-state index contributed by atoms with van der Waals surface area (Å²) in [7, 11) is -2.92. The molecular weight excluding hydrogens is 464 g/mol. The van der Waals surface area contributed by atoms with Crippen LogP contribution in [0.5, 0.6) is 0 Å². The van der Waals surface area contributed by atoms with Crippen molar-refractivity contribution >= 4 is 29.3 Å². The molecule has 4 rings (SSSR count). The molecule has 2 heterocycles. The van der Waals surface area contributed by atoms with Gasteiger partial charge in [0.05, 0.1) is 28.1 Å². The average Bonchev–Trinajstić information content (AvgIpc) is 3.14. The summed E-state index contributed by atoms with van der Waals surface area (Å²) < 4.78 is 54.6. The number of fused-ring (bicyclic) bond motifs is 1. The van der Waals surface area contributed by atoms with Gasteiger partial charge < -0.3 is 20.6 Å². The maximum Gasteiger partial charge on any atom is 0.419 e. The molecule has 0 saturated heterocycles. The first-order valence-electron chi connectivity index (χ1n) is 10.9. The van der Waals surface area contributed by atoms with Crippen molar-refractivity contribution in [2.75, 3.05) is 18.6 Å². The van der Waals surface area contributed by atoms with Gasteiger partial charge in [0, 0.05) is 34.9 Å². The molecule has 34 heavy (non-hydrogen) atoms. The van der Waals surface area contributed by atoms with E-state index in [1.807, 2.05) is 13.0 Å². The highest BCUT2D eigenvalue weighted by atomic mass is 31.2. The Bertz CT molecular complexity index is 1330. The Labute approximate surface area is 195 Å². The zero-order valence-electron chi connectivity index (χ0n) is 19.1. The van der Waals surface area contributed by atoms with E-state index in [1.54, 1.807) is 6.07 Å². The van der Waals surface area contributed by atoms with E-state index in [0.29, 0.717) is 22.6 Å². The molecule has 1 fully saturated rings. The van der Waals surface area contributed by atoms with Gasteiger partial charge >= 0.3 is 6.18 Å². The lowest BCUT2D eigenvalue weighted by atomic mass is 9.81. The quantitative estimate of drug-likeness (QED) is 0.451. The number of hydrogen-bond acceptors (Lipinski definition) is 6. The number of nitrogens with zero attached hydrogens (tertiary/aromatic N) is 3. The molecule has 0 aliphatic heterocycles. The number of nitrogens with two attached hydrogens (primary N) is 1. The largest absolute Gasteiger partial charge is 0.419 e. The van der Waals surface area contributed by atoms with Crippen LogP contribution in [-0.2, 0) is 10.7 Å². The van der Waals surface area contributed by atoms with Crippen LogP contribution in [0.2, 0.25) is 0 Å². The van der Waals surface area contributed by atoms with Crippen LogP contribution in [0, 0.1) is 11.3 Å². The topological polar surface area (TPSA) is 120 Å². The fourth-order valence-electron chi connectivity index (χ4n) is 4.72. The first-order valence-corrected chi connectivity index (χ1v) is 13.5. The van der Waals surface area contributed by atoms with Crippen LogP contribution >= 0.6 is 7.14 Å². The van der Waals surface area contributed by atoms with Gasteiger partial charge in [-0.2, -0.15) is 18.4 Å². The highest BCUT2D eigenvalue weighted by Crippen LogP contribution is 2.43. The second-order valence-corrected chi connectivity index (χ2v) is 12.7. The Hall–Kier alpha value is -2.89. The minimum Gasteiger partial charge on any atom is -0.360 e. The predicted molar refractivity (Wildman–Crippen MR) is 127 cm³/mol. The number of aromatic nitrogens is 3. The van der Waals surface area contributed by atoms with Crippen molar-refractivity contribution in [1.29, 1.82) is 5.26 Å². The molecule has 1 aliphatic rings. The lowest BCUT2D eigenvalue weighted by molar-refractivity contribution is -0.137. The molecule has 0 bridgehead atoms. The van der Waals surface area contributed by atoms with Crippen LogP contribution in [0.1, 0.15) is 43.7 Å². The highest BCUT2D eigenvalue weighted by molar-refractivity contribution is 7.70. The highest BCUT2D eigenvalue weighted by Gasteiger charge is 2.37. The van der Waals surface area contributed by atoms with Gasteiger partial charge in [0.25, 0.3) is 0 Å². The number of anilines is 1. The van der Waals surface area contributed by atoms with Gasteiger partial charge in [-0.1, -0.05) is 6.07 Å². The third-order valence-corrected chi connectivity index (χ3v) is 7.73.